The number of aromatic nitrogens is 2. The molecule has 1 atom stereocenters. The van der Waals surface area contributed by atoms with E-state index < -0.39 is 0 Å². The molecule has 1 unspecified atom stereocenters. The molecular weight excluding hydrogens is 477 g/mol. The molecule has 0 aliphatic carbocycles. The summed E-state index contributed by atoms with van der Waals surface area (Å²) in [5.41, 5.74) is 0.994. The third-order valence-corrected chi connectivity index (χ3v) is 4.84. The van der Waals surface area contributed by atoms with Crippen molar-refractivity contribution in [3.8, 4) is 5.88 Å². The average molecular weight is 503 g/mol. The van der Waals surface area contributed by atoms with Crippen molar-refractivity contribution in [2.45, 2.75) is 26.0 Å². The Bertz CT molecular complexity index is 945. The zero-order valence-corrected chi connectivity index (χ0v) is 18.8. The first-order valence-electron chi connectivity index (χ1n) is 9.77. The van der Waals surface area contributed by atoms with Gasteiger partial charge in [0.2, 0.25) is 5.88 Å². The molecular formula is C22H26IN5O. The van der Waals surface area contributed by atoms with Gasteiger partial charge in [0.05, 0.1) is 18.8 Å². The lowest BCUT2D eigenvalue weighted by atomic mass is 10.1. The van der Waals surface area contributed by atoms with Crippen molar-refractivity contribution in [2.24, 2.45) is 4.99 Å². The molecule has 1 saturated heterocycles. The lowest BCUT2D eigenvalue weighted by molar-refractivity contribution is 0.205. The number of hydrogen-bond acceptors (Lipinski definition) is 4. The van der Waals surface area contributed by atoms with Crippen LogP contribution in [0, 0.1) is 0 Å². The van der Waals surface area contributed by atoms with Crippen molar-refractivity contribution in [3.63, 3.8) is 0 Å². The first-order chi connectivity index (χ1) is 13.8. The van der Waals surface area contributed by atoms with Crippen LogP contribution in [0.3, 0.4) is 0 Å². The van der Waals surface area contributed by atoms with Crippen LogP contribution < -0.4 is 10.1 Å². The third kappa shape index (κ3) is 5.35. The van der Waals surface area contributed by atoms with E-state index in [0.717, 1.165) is 43.1 Å². The van der Waals surface area contributed by atoms with E-state index in [-0.39, 0.29) is 30.1 Å². The number of hydrogen-bond donors (Lipinski definition) is 1. The molecule has 1 aliphatic heterocycles. The molecule has 1 aromatic carbocycles. The molecule has 1 N–H and O–H groups in total. The highest BCUT2D eigenvalue weighted by Gasteiger charge is 2.26. The first-order valence-corrected chi connectivity index (χ1v) is 9.77. The Morgan fingerprint density at radius 1 is 1.14 bits per heavy atom. The van der Waals surface area contributed by atoms with Crippen molar-refractivity contribution >= 4 is 40.7 Å². The number of aliphatic imine (C=N–C) groups is 1. The molecule has 0 saturated carbocycles. The second kappa shape index (κ2) is 10.4. The average Bonchev–Trinajstić information content (AvgIpc) is 3.20. The monoisotopic (exact) mass is 503 g/mol. The summed E-state index contributed by atoms with van der Waals surface area (Å²) in [6, 6.07) is 16.1. The molecule has 0 amide bonds. The second-order valence-corrected chi connectivity index (χ2v) is 6.79. The fourth-order valence-corrected chi connectivity index (χ4v) is 3.49. The standard InChI is InChI=1S/C22H25N5O.HI/c1-2-23-22(26-15-20-19-8-4-3-7-17(19)10-13-24-20)27-14-11-18(16-27)28-21-9-5-6-12-25-21;/h3-10,12-13,18H,2,11,14-16H2,1H3,(H,23,26);1H. The maximum atomic E-state index is 6.01. The number of pyridine rings is 2. The number of benzene rings is 1. The number of halogens is 1. The molecule has 3 heterocycles. The number of likely N-dealkylation sites (tertiary alicyclic amines) is 1. The van der Waals surface area contributed by atoms with Gasteiger partial charge in [-0.1, -0.05) is 30.3 Å². The van der Waals surface area contributed by atoms with E-state index in [1.165, 1.54) is 5.39 Å². The molecule has 29 heavy (non-hydrogen) atoms. The molecule has 0 radical (unpaired) electrons. The number of nitrogens with one attached hydrogen (secondary N) is 1. The topological polar surface area (TPSA) is 62.6 Å². The Kier molecular flexibility index (Phi) is 7.62. The van der Waals surface area contributed by atoms with Crippen molar-refractivity contribution in [3.05, 3.63) is 66.6 Å². The smallest absolute Gasteiger partial charge is 0.213 e. The zero-order chi connectivity index (χ0) is 19.2. The summed E-state index contributed by atoms with van der Waals surface area (Å²) in [5.74, 6) is 1.58. The lowest BCUT2D eigenvalue weighted by Crippen LogP contribution is -2.41. The van der Waals surface area contributed by atoms with Crippen molar-refractivity contribution in [1.82, 2.24) is 20.2 Å². The normalized spacial score (nSPS) is 16.5. The van der Waals surface area contributed by atoms with Gasteiger partial charge >= 0.3 is 0 Å². The Hall–Kier alpha value is -2.42. The fraction of sp³-hybridized carbons (Fsp3) is 0.318. The molecule has 1 aliphatic rings. The van der Waals surface area contributed by atoms with Crippen LogP contribution in [-0.2, 0) is 6.54 Å². The minimum absolute atomic E-state index is 0. The summed E-state index contributed by atoms with van der Waals surface area (Å²) in [6.07, 6.45) is 4.68. The summed E-state index contributed by atoms with van der Waals surface area (Å²) in [6.45, 7) is 5.16. The van der Waals surface area contributed by atoms with Gasteiger partial charge in [-0.25, -0.2) is 9.98 Å². The Balaban J connectivity index is 0.00000240. The van der Waals surface area contributed by atoms with Crippen molar-refractivity contribution < 1.29 is 4.74 Å². The van der Waals surface area contributed by atoms with Crippen LogP contribution in [0.5, 0.6) is 5.88 Å². The molecule has 6 nitrogen and oxygen atoms in total. The van der Waals surface area contributed by atoms with Crippen LogP contribution in [-0.4, -0.2) is 46.6 Å². The van der Waals surface area contributed by atoms with Gasteiger partial charge in [-0.15, -0.1) is 24.0 Å². The van der Waals surface area contributed by atoms with E-state index in [0.29, 0.717) is 12.4 Å². The number of guanidine groups is 1. The highest BCUT2D eigenvalue weighted by atomic mass is 127. The zero-order valence-electron chi connectivity index (χ0n) is 16.5. The van der Waals surface area contributed by atoms with Gasteiger partial charge in [0, 0.05) is 43.4 Å². The van der Waals surface area contributed by atoms with Crippen LogP contribution in [0.4, 0.5) is 0 Å². The molecule has 7 heteroatoms. The number of nitrogens with zero attached hydrogens (tertiary/aromatic N) is 4. The Labute approximate surface area is 188 Å². The van der Waals surface area contributed by atoms with Gasteiger partial charge in [0.1, 0.15) is 6.10 Å². The maximum absolute atomic E-state index is 6.01. The molecule has 0 spiro atoms. The van der Waals surface area contributed by atoms with Crippen molar-refractivity contribution in [2.75, 3.05) is 19.6 Å². The SMILES string of the molecule is CCNC(=NCc1nccc2ccccc12)N1CCC(Oc2ccccn2)C1.I. The van der Waals surface area contributed by atoms with Gasteiger partial charge in [-0.2, -0.15) is 0 Å². The van der Waals surface area contributed by atoms with Gasteiger partial charge < -0.3 is 15.0 Å². The van der Waals surface area contributed by atoms with E-state index in [1.54, 1.807) is 6.20 Å². The minimum atomic E-state index is 0. The molecule has 152 valence electrons. The molecule has 1 fully saturated rings. The number of rotatable bonds is 5. The summed E-state index contributed by atoms with van der Waals surface area (Å²) >= 11 is 0. The van der Waals surface area contributed by atoms with Gasteiger partial charge in [-0.05, 0) is 24.4 Å². The van der Waals surface area contributed by atoms with Crippen LogP contribution in [0.1, 0.15) is 19.0 Å². The van der Waals surface area contributed by atoms with E-state index in [9.17, 15) is 0 Å². The van der Waals surface area contributed by atoms with Gasteiger partial charge in [-0.3, -0.25) is 4.98 Å². The van der Waals surface area contributed by atoms with E-state index >= 15 is 0 Å². The lowest BCUT2D eigenvalue weighted by Gasteiger charge is -2.21. The predicted molar refractivity (Wildman–Crippen MR) is 127 cm³/mol. The number of fused-ring (bicyclic) bond motifs is 1. The minimum Gasteiger partial charge on any atom is -0.472 e. The van der Waals surface area contributed by atoms with Crippen LogP contribution in [0.15, 0.2) is 65.9 Å². The molecule has 4 rings (SSSR count). The van der Waals surface area contributed by atoms with E-state index in [2.05, 4.69) is 39.2 Å². The Morgan fingerprint density at radius 3 is 2.83 bits per heavy atom. The molecule has 2 aromatic heterocycles. The summed E-state index contributed by atoms with van der Waals surface area (Å²) in [5, 5.41) is 5.75. The van der Waals surface area contributed by atoms with E-state index in [1.807, 2.05) is 42.6 Å². The summed E-state index contributed by atoms with van der Waals surface area (Å²) in [4.78, 5) is 15.9. The predicted octanol–water partition coefficient (Wildman–Crippen LogP) is 3.87. The highest BCUT2D eigenvalue weighted by molar-refractivity contribution is 14.0. The second-order valence-electron chi connectivity index (χ2n) is 6.79. The van der Waals surface area contributed by atoms with Crippen LogP contribution >= 0.6 is 24.0 Å². The van der Waals surface area contributed by atoms with E-state index in [4.69, 9.17) is 9.73 Å². The summed E-state index contributed by atoms with van der Waals surface area (Å²) in [7, 11) is 0. The quantitative estimate of drug-likeness (QED) is 0.326. The van der Waals surface area contributed by atoms with Gasteiger partial charge in [0.15, 0.2) is 5.96 Å². The Morgan fingerprint density at radius 2 is 2.00 bits per heavy atom. The number of ether oxygens (including phenoxy) is 1. The van der Waals surface area contributed by atoms with Crippen molar-refractivity contribution in [1.29, 1.82) is 0 Å². The van der Waals surface area contributed by atoms with Crippen LogP contribution in [0.2, 0.25) is 0 Å². The third-order valence-electron chi connectivity index (χ3n) is 4.84. The fourth-order valence-electron chi connectivity index (χ4n) is 3.49. The first kappa shape index (κ1) is 21.3. The largest absolute Gasteiger partial charge is 0.472 e. The maximum Gasteiger partial charge on any atom is 0.213 e. The van der Waals surface area contributed by atoms with Gasteiger partial charge in [0.25, 0.3) is 0 Å². The van der Waals surface area contributed by atoms with Crippen LogP contribution in [0.25, 0.3) is 10.8 Å². The molecule has 0 bridgehead atoms. The highest BCUT2D eigenvalue weighted by Crippen LogP contribution is 2.19. The summed E-state index contributed by atoms with van der Waals surface area (Å²) < 4.78 is 6.01. The molecule has 3 aromatic rings.